The number of aryl methyl sites for hydroxylation is 2. The maximum atomic E-state index is 12.1. The minimum absolute atomic E-state index is 0.444. The number of hydrogen-bond donors (Lipinski definition) is 3. The Labute approximate surface area is 191 Å². The number of rotatable bonds is 7. The van der Waals surface area contributed by atoms with Crippen molar-refractivity contribution in [1.29, 1.82) is 0 Å². The van der Waals surface area contributed by atoms with Crippen molar-refractivity contribution in [2.75, 3.05) is 13.1 Å². The molecule has 0 radical (unpaired) electrons. The average molecular weight is 444 g/mol. The normalized spacial score (nSPS) is 12.4. The molecule has 0 spiro atoms. The summed E-state index contributed by atoms with van der Waals surface area (Å²) in [5.41, 5.74) is 1.92. The van der Waals surface area contributed by atoms with Gasteiger partial charge < -0.3 is 20.7 Å². The number of nitrogens with zero attached hydrogens (tertiary/aromatic N) is 4. The first kappa shape index (κ1) is 25.2. The minimum atomic E-state index is -0.539. The van der Waals surface area contributed by atoms with E-state index in [9.17, 15) is 4.79 Å². The Hall–Kier alpha value is -3.10. The molecule has 9 nitrogen and oxygen atoms in total. The van der Waals surface area contributed by atoms with E-state index in [0.717, 1.165) is 29.3 Å². The van der Waals surface area contributed by atoms with E-state index in [1.807, 2.05) is 84.5 Å². The number of pyridine rings is 1. The van der Waals surface area contributed by atoms with Crippen LogP contribution in [0, 0.1) is 13.8 Å². The zero-order valence-corrected chi connectivity index (χ0v) is 20.5. The van der Waals surface area contributed by atoms with E-state index in [1.165, 1.54) is 0 Å². The van der Waals surface area contributed by atoms with Gasteiger partial charge in [-0.1, -0.05) is 6.07 Å². The summed E-state index contributed by atoms with van der Waals surface area (Å²) >= 11 is 0. The van der Waals surface area contributed by atoms with Crippen LogP contribution in [0.25, 0.3) is 5.82 Å². The SMILES string of the molecule is CCNC(=NCc1ccc(-n2nc(C)cc2C)nc1)NCC(C)(C)NC(=O)OC(C)(C)C. The summed E-state index contributed by atoms with van der Waals surface area (Å²) in [4.78, 5) is 21.2. The Morgan fingerprint density at radius 3 is 2.41 bits per heavy atom. The molecule has 2 heterocycles. The zero-order valence-electron chi connectivity index (χ0n) is 20.5. The highest BCUT2D eigenvalue weighted by atomic mass is 16.6. The van der Waals surface area contributed by atoms with E-state index >= 15 is 0 Å². The third-order valence-corrected chi connectivity index (χ3v) is 4.34. The van der Waals surface area contributed by atoms with E-state index in [-0.39, 0.29) is 0 Å². The van der Waals surface area contributed by atoms with Crippen LogP contribution in [0.5, 0.6) is 0 Å². The first-order chi connectivity index (χ1) is 14.9. The standard InChI is InChI=1S/C23H37N7O2/c1-9-24-20(27-15-23(7,8)28-21(31)32-22(4,5)6)26-14-18-10-11-19(25-13-18)30-17(3)12-16(2)29-30/h10-13H,9,14-15H2,1-8H3,(H,28,31)(H2,24,26,27). The lowest BCUT2D eigenvalue weighted by molar-refractivity contribution is 0.0474. The van der Waals surface area contributed by atoms with Crippen LogP contribution in [-0.4, -0.2) is 51.0 Å². The molecule has 9 heteroatoms. The second-order valence-electron chi connectivity index (χ2n) is 9.42. The Morgan fingerprint density at radius 2 is 1.88 bits per heavy atom. The van der Waals surface area contributed by atoms with Crippen molar-refractivity contribution >= 4 is 12.1 Å². The molecule has 0 fully saturated rings. The van der Waals surface area contributed by atoms with Gasteiger partial charge in [0, 0.05) is 25.0 Å². The molecular weight excluding hydrogens is 406 g/mol. The van der Waals surface area contributed by atoms with Crippen molar-refractivity contribution in [3.63, 3.8) is 0 Å². The van der Waals surface area contributed by atoms with Crippen LogP contribution >= 0.6 is 0 Å². The summed E-state index contributed by atoms with van der Waals surface area (Å²) < 4.78 is 7.17. The molecule has 0 unspecified atom stereocenters. The molecule has 1 amide bonds. The van der Waals surface area contributed by atoms with E-state index in [4.69, 9.17) is 4.74 Å². The van der Waals surface area contributed by atoms with Gasteiger partial charge in [-0.05, 0) is 73.1 Å². The lowest BCUT2D eigenvalue weighted by atomic mass is 10.1. The molecule has 0 bridgehead atoms. The molecule has 0 aliphatic rings. The van der Waals surface area contributed by atoms with E-state index in [2.05, 4.69) is 31.0 Å². The van der Waals surface area contributed by atoms with Crippen LogP contribution in [0.2, 0.25) is 0 Å². The van der Waals surface area contributed by atoms with Crippen LogP contribution in [0.3, 0.4) is 0 Å². The number of alkyl carbamates (subject to hydrolysis) is 1. The van der Waals surface area contributed by atoms with Crippen molar-refractivity contribution in [2.24, 2.45) is 4.99 Å². The topological polar surface area (TPSA) is 105 Å². The first-order valence-electron chi connectivity index (χ1n) is 10.9. The Morgan fingerprint density at radius 1 is 1.16 bits per heavy atom. The van der Waals surface area contributed by atoms with Gasteiger partial charge in [-0.2, -0.15) is 5.10 Å². The van der Waals surface area contributed by atoms with Crippen molar-refractivity contribution < 1.29 is 9.53 Å². The quantitative estimate of drug-likeness (QED) is 0.448. The first-order valence-corrected chi connectivity index (χ1v) is 10.9. The number of guanidine groups is 1. The third kappa shape index (κ3) is 8.20. The number of carbonyl (C=O) groups excluding carboxylic acids is 1. The highest BCUT2D eigenvalue weighted by Crippen LogP contribution is 2.11. The fraction of sp³-hybridized carbons (Fsp3) is 0.565. The lowest BCUT2D eigenvalue weighted by Gasteiger charge is -2.29. The minimum Gasteiger partial charge on any atom is -0.444 e. The lowest BCUT2D eigenvalue weighted by Crippen LogP contribution is -2.54. The van der Waals surface area contributed by atoms with Gasteiger partial charge in [0.25, 0.3) is 0 Å². The molecule has 3 N–H and O–H groups in total. The summed E-state index contributed by atoms with van der Waals surface area (Å²) in [5.74, 6) is 1.44. The van der Waals surface area contributed by atoms with Crippen LogP contribution < -0.4 is 16.0 Å². The number of nitrogens with one attached hydrogen (secondary N) is 3. The van der Waals surface area contributed by atoms with E-state index < -0.39 is 17.2 Å². The predicted octanol–water partition coefficient (Wildman–Crippen LogP) is 3.24. The smallest absolute Gasteiger partial charge is 0.408 e. The van der Waals surface area contributed by atoms with E-state index in [1.54, 1.807) is 0 Å². The predicted molar refractivity (Wildman–Crippen MR) is 127 cm³/mol. The maximum absolute atomic E-state index is 12.1. The summed E-state index contributed by atoms with van der Waals surface area (Å²) in [6, 6.07) is 5.96. The van der Waals surface area contributed by atoms with Gasteiger partial charge in [-0.3, -0.25) is 0 Å². The van der Waals surface area contributed by atoms with Gasteiger partial charge in [-0.25, -0.2) is 19.5 Å². The Bertz CT molecular complexity index is 925. The van der Waals surface area contributed by atoms with Gasteiger partial charge in [0.05, 0.1) is 17.8 Å². The molecule has 0 saturated carbocycles. The molecule has 0 aromatic carbocycles. The molecule has 0 atom stereocenters. The van der Waals surface area contributed by atoms with Gasteiger partial charge in [0.2, 0.25) is 0 Å². The fourth-order valence-electron chi connectivity index (χ4n) is 2.94. The zero-order chi connectivity index (χ0) is 23.9. The van der Waals surface area contributed by atoms with E-state index in [0.29, 0.717) is 19.0 Å². The van der Waals surface area contributed by atoms with Crippen molar-refractivity contribution in [3.05, 3.63) is 41.3 Å². The largest absolute Gasteiger partial charge is 0.444 e. The van der Waals surface area contributed by atoms with Crippen LogP contribution in [-0.2, 0) is 11.3 Å². The van der Waals surface area contributed by atoms with Crippen LogP contribution in [0.4, 0.5) is 4.79 Å². The molecule has 2 aromatic heterocycles. The highest BCUT2D eigenvalue weighted by molar-refractivity contribution is 5.80. The maximum Gasteiger partial charge on any atom is 0.408 e. The number of hydrogen-bond acceptors (Lipinski definition) is 5. The molecule has 2 rings (SSSR count). The number of carbonyl (C=O) groups is 1. The average Bonchev–Trinajstić information content (AvgIpc) is 3.00. The molecule has 2 aromatic rings. The van der Waals surface area contributed by atoms with Gasteiger partial charge >= 0.3 is 6.09 Å². The van der Waals surface area contributed by atoms with Gasteiger partial charge in [0.1, 0.15) is 5.60 Å². The van der Waals surface area contributed by atoms with Gasteiger partial charge in [0.15, 0.2) is 11.8 Å². The Kier molecular flexibility index (Phi) is 8.24. The van der Waals surface area contributed by atoms with Crippen LogP contribution in [0.15, 0.2) is 29.4 Å². The Balaban J connectivity index is 1.97. The molecule has 0 aliphatic carbocycles. The summed E-state index contributed by atoms with van der Waals surface area (Å²) in [7, 11) is 0. The molecule has 0 saturated heterocycles. The molecular formula is C23H37N7O2. The van der Waals surface area contributed by atoms with Crippen molar-refractivity contribution in [1.82, 2.24) is 30.7 Å². The third-order valence-electron chi connectivity index (χ3n) is 4.34. The van der Waals surface area contributed by atoms with Crippen molar-refractivity contribution in [3.8, 4) is 5.82 Å². The fourth-order valence-corrected chi connectivity index (χ4v) is 2.94. The van der Waals surface area contributed by atoms with Crippen LogP contribution in [0.1, 0.15) is 58.5 Å². The monoisotopic (exact) mass is 443 g/mol. The molecule has 176 valence electrons. The number of aromatic nitrogens is 3. The second-order valence-corrected chi connectivity index (χ2v) is 9.42. The highest BCUT2D eigenvalue weighted by Gasteiger charge is 2.24. The number of ether oxygens (including phenoxy) is 1. The summed E-state index contributed by atoms with van der Waals surface area (Å²) in [5, 5.41) is 13.9. The number of aliphatic imine (C=N–C) groups is 1. The summed E-state index contributed by atoms with van der Waals surface area (Å²) in [6.45, 7) is 17.0. The second kappa shape index (κ2) is 10.5. The molecule has 0 aliphatic heterocycles. The van der Waals surface area contributed by atoms with Crippen molar-refractivity contribution in [2.45, 2.75) is 73.1 Å². The molecule has 32 heavy (non-hydrogen) atoms. The summed E-state index contributed by atoms with van der Waals surface area (Å²) in [6.07, 6.45) is 1.37. The number of amides is 1. The van der Waals surface area contributed by atoms with Gasteiger partial charge in [-0.15, -0.1) is 0 Å².